The molecule has 1 aromatic rings. The average molecular weight is 538 g/mol. The maximum absolute atomic E-state index is 12.9. The van der Waals surface area contributed by atoms with Crippen molar-refractivity contribution in [1.29, 1.82) is 0 Å². The zero-order chi connectivity index (χ0) is 28.8. The summed E-state index contributed by atoms with van der Waals surface area (Å²) in [6, 6.07) is 2.41. The Morgan fingerprint density at radius 3 is 1.74 bits per heavy atom. The second-order valence-corrected chi connectivity index (χ2v) is 8.35. The molecule has 4 atom stereocenters. The van der Waals surface area contributed by atoms with Gasteiger partial charge in [0, 0.05) is 19.3 Å². The highest BCUT2D eigenvalue weighted by Gasteiger charge is 2.31. The largest absolute Gasteiger partial charge is 0.481 e. The van der Waals surface area contributed by atoms with Gasteiger partial charge in [0.1, 0.15) is 18.1 Å². The quantitative estimate of drug-likeness (QED) is 0.105. The van der Waals surface area contributed by atoms with Gasteiger partial charge in [-0.3, -0.25) is 28.8 Å². The first kappa shape index (κ1) is 31.5. The molecular formula is C23H31N5O10. The standard InChI is InChI=1S/C23H31N5O10/c24-13(6-8-18(30)31)20(34)26-14(7-9-19(32)33)21(35)27-15(11-17(25)29)22(36)28-16(23(37)38)10-12-4-2-1-3-5-12/h1-5,13-16H,6-11,24H2,(H2,25,29)(H,26,34)(H,27,35)(H,28,36)(H,30,31)(H,32,33)(H,37,38)/t13-,14-,15-,16-/m0/s1. The van der Waals surface area contributed by atoms with Crippen molar-refractivity contribution in [3.63, 3.8) is 0 Å². The number of primary amides is 1. The molecule has 0 fully saturated rings. The Morgan fingerprint density at radius 1 is 0.711 bits per heavy atom. The minimum atomic E-state index is -1.65. The summed E-state index contributed by atoms with van der Waals surface area (Å²) in [5.74, 6) is -7.97. The normalized spacial score (nSPS) is 13.7. The van der Waals surface area contributed by atoms with Crippen LogP contribution < -0.4 is 27.4 Å². The molecule has 0 unspecified atom stereocenters. The lowest BCUT2D eigenvalue weighted by atomic mass is 10.0. The van der Waals surface area contributed by atoms with E-state index in [4.69, 9.17) is 21.7 Å². The zero-order valence-corrected chi connectivity index (χ0v) is 20.3. The molecular weight excluding hydrogens is 506 g/mol. The maximum atomic E-state index is 12.9. The first-order chi connectivity index (χ1) is 17.8. The van der Waals surface area contributed by atoms with Crippen LogP contribution >= 0.6 is 0 Å². The van der Waals surface area contributed by atoms with Crippen LogP contribution in [0.25, 0.3) is 0 Å². The Labute approximate surface area is 216 Å². The number of nitrogens with two attached hydrogens (primary N) is 2. The van der Waals surface area contributed by atoms with Gasteiger partial charge in [-0.1, -0.05) is 30.3 Å². The van der Waals surface area contributed by atoms with Crippen LogP contribution in [0, 0.1) is 0 Å². The van der Waals surface area contributed by atoms with E-state index in [1.807, 2.05) is 0 Å². The number of hydrogen-bond acceptors (Lipinski definition) is 8. The molecule has 0 saturated heterocycles. The monoisotopic (exact) mass is 537 g/mol. The molecule has 0 aliphatic heterocycles. The topological polar surface area (TPSA) is 268 Å². The summed E-state index contributed by atoms with van der Waals surface area (Å²) in [4.78, 5) is 83.0. The van der Waals surface area contributed by atoms with E-state index in [1.54, 1.807) is 30.3 Å². The Hall–Kier alpha value is -4.53. The van der Waals surface area contributed by atoms with Crippen LogP contribution in [0.3, 0.4) is 0 Å². The molecule has 0 bridgehead atoms. The minimum absolute atomic E-state index is 0.106. The van der Waals surface area contributed by atoms with Crippen LogP contribution in [0.4, 0.5) is 0 Å². The molecule has 0 aromatic heterocycles. The van der Waals surface area contributed by atoms with E-state index in [9.17, 15) is 38.7 Å². The molecule has 10 N–H and O–H groups in total. The van der Waals surface area contributed by atoms with E-state index in [0.717, 1.165) is 0 Å². The molecule has 0 heterocycles. The van der Waals surface area contributed by atoms with Gasteiger partial charge < -0.3 is 42.7 Å². The summed E-state index contributed by atoms with van der Waals surface area (Å²) >= 11 is 0. The predicted molar refractivity (Wildman–Crippen MR) is 129 cm³/mol. The van der Waals surface area contributed by atoms with Crippen molar-refractivity contribution in [1.82, 2.24) is 16.0 Å². The van der Waals surface area contributed by atoms with E-state index in [1.165, 1.54) is 0 Å². The van der Waals surface area contributed by atoms with Gasteiger partial charge in [-0.25, -0.2) is 4.79 Å². The number of carboxylic acids is 3. The molecule has 0 aliphatic rings. The number of aliphatic carboxylic acids is 3. The Morgan fingerprint density at radius 2 is 1.21 bits per heavy atom. The Kier molecular flexibility index (Phi) is 12.9. The SMILES string of the molecule is NC(=O)C[C@H](NC(=O)[C@H](CCC(=O)O)NC(=O)[C@@H](N)CCC(=O)O)C(=O)N[C@@H](Cc1ccccc1)C(=O)O. The van der Waals surface area contributed by atoms with Gasteiger partial charge in [-0.15, -0.1) is 0 Å². The van der Waals surface area contributed by atoms with Crippen molar-refractivity contribution in [3.8, 4) is 0 Å². The molecule has 0 saturated carbocycles. The lowest BCUT2D eigenvalue weighted by Gasteiger charge is -2.24. The van der Waals surface area contributed by atoms with Crippen molar-refractivity contribution < 1.29 is 48.9 Å². The van der Waals surface area contributed by atoms with Gasteiger partial charge in [0.2, 0.25) is 23.6 Å². The first-order valence-electron chi connectivity index (χ1n) is 11.5. The highest BCUT2D eigenvalue weighted by molar-refractivity contribution is 5.96. The fraction of sp³-hybridized carbons (Fsp3) is 0.435. The molecule has 1 aromatic carbocycles. The van der Waals surface area contributed by atoms with Crippen molar-refractivity contribution in [2.24, 2.45) is 11.5 Å². The van der Waals surface area contributed by atoms with E-state index in [-0.39, 0.29) is 12.8 Å². The third kappa shape index (κ3) is 11.9. The molecule has 0 aliphatic carbocycles. The molecule has 1 rings (SSSR count). The second-order valence-electron chi connectivity index (χ2n) is 8.35. The fourth-order valence-electron chi connectivity index (χ4n) is 3.23. The van der Waals surface area contributed by atoms with Gasteiger partial charge in [-0.05, 0) is 18.4 Å². The summed E-state index contributed by atoms with van der Waals surface area (Å²) in [5.41, 5.74) is 11.4. The van der Waals surface area contributed by atoms with Gasteiger partial charge in [-0.2, -0.15) is 0 Å². The fourth-order valence-corrected chi connectivity index (χ4v) is 3.23. The third-order valence-corrected chi connectivity index (χ3v) is 5.22. The van der Waals surface area contributed by atoms with E-state index in [2.05, 4.69) is 16.0 Å². The summed E-state index contributed by atoms with van der Waals surface area (Å²) in [5, 5.41) is 33.9. The number of carboxylic acid groups (broad SMARTS) is 3. The Bertz CT molecular complexity index is 1030. The summed E-state index contributed by atoms with van der Waals surface area (Å²) in [7, 11) is 0. The number of amides is 4. The second kappa shape index (κ2) is 15.6. The van der Waals surface area contributed by atoms with Gasteiger partial charge in [0.25, 0.3) is 0 Å². The number of benzene rings is 1. The highest BCUT2D eigenvalue weighted by Crippen LogP contribution is 2.06. The van der Waals surface area contributed by atoms with E-state index >= 15 is 0 Å². The molecule has 0 radical (unpaired) electrons. The number of rotatable bonds is 17. The summed E-state index contributed by atoms with van der Waals surface area (Å²) in [6.45, 7) is 0. The van der Waals surface area contributed by atoms with Crippen LogP contribution in [-0.4, -0.2) is 81.0 Å². The maximum Gasteiger partial charge on any atom is 0.326 e. The van der Waals surface area contributed by atoms with Crippen LogP contribution in [0.5, 0.6) is 0 Å². The minimum Gasteiger partial charge on any atom is -0.481 e. The zero-order valence-electron chi connectivity index (χ0n) is 20.3. The average Bonchev–Trinajstić information content (AvgIpc) is 2.83. The smallest absolute Gasteiger partial charge is 0.326 e. The number of hydrogen-bond donors (Lipinski definition) is 8. The Balaban J connectivity index is 3.02. The van der Waals surface area contributed by atoms with E-state index < -0.39 is 91.4 Å². The van der Waals surface area contributed by atoms with Crippen molar-refractivity contribution in [2.45, 2.75) is 62.7 Å². The van der Waals surface area contributed by atoms with Crippen LogP contribution in [0.1, 0.15) is 37.7 Å². The van der Waals surface area contributed by atoms with Gasteiger partial charge in [0.15, 0.2) is 0 Å². The van der Waals surface area contributed by atoms with Gasteiger partial charge in [0.05, 0.1) is 12.5 Å². The lowest BCUT2D eigenvalue weighted by Crippen LogP contribution is -2.58. The van der Waals surface area contributed by atoms with Crippen molar-refractivity contribution in [3.05, 3.63) is 35.9 Å². The number of carbonyl (C=O) groups is 7. The molecule has 15 heteroatoms. The van der Waals surface area contributed by atoms with E-state index in [0.29, 0.717) is 5.56 Å². The van der Waals surface area contributed by atoms with Crippen molar-refractivity contribution in [2.75, 3.05) is 0 Å². The number of nitrogens with one attached hydrogen (secondary N) is 3. The summed E-state index contributed by atoms with van der Waals surface area (Å²) < 4.78 is 0. The lowest BCUT2D eigenvalue weighted by molar-refractivity contribution is -0.142. The van der Waals surface area contributed by atoms with Gasteiger partial charge >= 0.3 is 17.9 Å². The molecule has 38 heavy (non-hydrogen) atoms. The molecule has 208 valence electrons. The highest BCUT2D eigenvalue weighted by atomic mass is 16.4. The third-order valence-electron chi connectivity index (χ3n) is 5.22. The number of carbonyl (C=O) groups excluding carboxylic acids is 4. The van der Waals surface area contributed by atoms with Crippen LogP contribution in [-0.2, 0) is 40.0 Å². The van der Waals surface area contributed by atoms with Crippen LogP contribution in [0.2, 0.25) is 0 Å². The molecule has 15 nitrogen and oxygen atoms in total. The van der Waals surface area contributed by atoms with Crippen molar-refractivity contribution >= 4 is 41.5 Å². The first-order valence-corrected chi connectivity index (χ1v) is 11.5. The van der Waals surface area contributed by atoms with Crippen LogP contribution in [0.15, 0.2) is 30.3 Å². The molecule has 0 spiro atoms. The summed E-state index contributed by atoms with van der Waals surface area (Å²) in [6.07, 6.45) is -2.55. The predicted octanol–water partition coefficient (Wildman–Crippen LogP) is -2.30. The molecule has 4 amide bonds.